The van der Waals surface area contributed by atoms with Crippen LogP contribution in [0.5, 0.6) is 0 Å². The lowest BCUT2D eigenvalue weighted by atomic mass is 9.96. The zero-order chi connectivity index (χ0) is 9.14. The van der Waals surface area contributed by atoms with Gasteiger partial charge in [0.25, 0.3) is 0 Å². The molecule has 2 heteroatoms. The van der Waals surface area contributed by atoms with Crippen molar-refractivity contribution in [3.63, 3.8) is 0 Å². The molecular formula is C10H14IN. The SMILES string of the molecule is CN=C1C[C@H](I)C=CC1=C(C)C. The lowest BCUT2D eigenvalue weighted by Gasteiger charge is -2.16. The fourth-order valence-corrected chi connectivity index (χ4v) is 1.95. The lowest BCUT2D eigenvalue weighted by molar-refractivity contribution is 1.11. The van der Waals surface area contributed by atoms with Gasteiger partial charge in [0.2, 0.25) is 0 Å². The summed E-state index contributed by atoms with van der Waals surface area (Å²) >= 11 is 2.44. The number of hydrogen-bond donors (Lipinski definition) is 0. The van der Waals surface area contributed by atoms with Gasteiger partial charge < -0.3 is 0 Å². The molecule has 1 atom stereocenters. The maximum atomic E-state index is 4.30. The van der Waals surface area contributed by atoms with E-state index in [4.69, 9.17) is 0 Å². The summed E-state index contributed by atoms with van der Waals surface area (Å²) in [5, 5.41) is 0. The smallest absolute Gasteiger partial charge is 0.0429 e. The fourth-order valence-electron chi connectivity index (χ4n) is 1.33. The van der Waals surface area contributed by atoms with E-state index in [1.165, 1.54) is 16.9 Å². The highest BCUT2D eigenvalue weighted by atomic mass is 127. The maximum absolute atomic E-state index is 4.30. The Kier molecular flexibility index (Phi) is 3.50. The van der Waals surface area contributed by atoms with E-state index in [1.807, 2.05) is 7.05 Å². The molecule has 0 aromatic rings. The van der Waals surface area contributed by atoms with Crippen molar-refractivity contribution in [3.05, 3.63) is 23.3 Å². The number of alkyl halides is 1. The highest BCUT2D eigenvalue weighted by molar-refractivity contribution is 14.1. The van der Waals surface area contributed by atoms with E-state index in [-0.39, 0.29) is 0 Å². The number of nitrogens with zero attached hydrogens (tertiary/aromatic N) is 1. The summed E-state index contributed by atoms with van der Waals surface area (Å²) in [6, 6.07) is 0. The van der Waals surface area contributed by atoms with Gasteiger partial charge in [-0.25, -0.2) is 0 Å². The quantitative estimate of drug-likeness (QED) is 0.475. The first-order valence-electron chi connectivity index (χ1n) is 4.11. The Hall–Kier alpha value is -0.120. The average Bonchev–Trinajstić information content (AvgIpc) is 2.03. The lowest BCUT2D eigenvalue weighted by Crippen LogP contribution is -2.13. The topological polar surface area (TPSA) is 12.4 Å². The molecule has 1 nitrogen and oxygen atoms in total. The van der Waals surface area contributed by atoms with E-state index >= 15 is 0 Å². The molecule has 0 bridgehead atoms. The summed E-state index contributed by atoms with van der Waals surface area (Å²) in [4.78, 5) is 4.30. The van der Waals surface area contributed by atoms with Crippen LogP contribution in [-0.4, -0.2) is 16.7 Å². The van der Waals surface area contributed by atoms with E-state index in [2.05, 4.69) is 53.6 Å². The summed E-state index contributed by atoms with van der Waals surface area (Å²) in [5.41, 5.74) is 3.93. The van der Waals surface area contributed by atoms with Crippen molar-refractivity contribution in [2.45, 2.75) is 24.2 Å². The third-order valence-corrected chi connectivity index (χ3v) is 2.84. The molecule has 0 saturated carbocycles. The van der Waals surface area contributed by atoms with Crippen molar-refractivity contribution in [3.8, 4) is 0 Å². The second kappa shape index (κ2) is 4.21. The molecule has 0 radical (unpaired) electrons. The van der Waals surface area contributed by atoms with E-state index in [0.717, 1.165) is 6.42 Å². The number of aliphatic imine (C=N–C) groups is 1. The Morgan fingerprint density at radius 2 is 2.25 bits per heavy atom. The van der Waals surface area contributed by atoms with Crippen LogP contribution < -0.4 is 0 Å². The summed E-state index contributed by atoms with van der Waals surface area (Å²) in [7, 11) is 1.88. The molecule has 0 fully saturated rings. The van der Waals surface area contributed by atoms with Gasteiger partial charge in [0.1, 0.15) is 0 Å². The Bertz CT molecular complexity index is 257. The van der Waals surface area contributed by atoms with Crippen LogP contribution in [0.3, 0.4) is 0 Å². The first kappa shape index (κ1) is 9.96. The van der Waals surface area contributed by atoms with Crippen LogP contribution in [0.4, 0.5) is 0 Å². The molecule has 12 heavy (non-hydrogen) atoms. The van der Waals surface area contributed by atoms with Crippen LogP contribution >= 0.6 is 22.6 Å². The van der Waals surface area contributed by atoms with Gasteiger partial charge in [0.05, 0.1) is 0 Å². The molecule has 1 rings (SSSR count). The Morgan fingerprint density at radius 1 is 1.58 bits per heavy atom. The summed E-state index contributed by atoms with van der Waals surface area (Å²) in [6.07, 6.45) is 5.52. The molecule has 0 aromatic heterocycles. The predicted octanol–water partition coefficient (Wildman–Crippen LogP) is 3.16. The first-order chi connectivity index (χ1) is 5.65. The van der Waals surface area contributed by atoms with Crippen molar-refractivity contribution in [1.82, 2.24) is 0 Å². The highest BCUT2D eigenvalue weighted by Crippen LogP contribution is 2.22. The van der Waals surface area contributed by atoms with Gasteiger partial charge in [-0.3, -0.25) is 4.99 Å². The van der Waals surface area contributed by atoms with Gasteiger partial charge in [-0.2, -0.15) is 0 Å². The second-order valence-electron chi connectivity index (χ2n) is 3.16. The molecule has 0 heterocycles. The van der Waals surface area contributed by atoms with E-state index in [0.29, 0.717) is 3.92 Å². The normalized spacial score (nSPS) is 26.5. The third-order valence-electron chi connectivity index (χ3n) is 1.98. The zero-order valence-corrected chi connectivity index (χ0v) is 9.92. The van der Waals surface area contributed by atoms with Gasteiger partial charge in [-0.05, 0) is 19.4 Å². The molecule has 66 valence electrons. The minimum atomic E-state index is 0.615. The minimum absolute atomic E-state index is 0.615. The fraction of sp³-hybridized carbons (Fsp3) is 0.500. The van der Waals surface area contributed by atoms with Crippen molar-refractivity contribution in [2.24, 2.45) is 4.99 Å². The molecule has 1 aliphatic rings. The first-order valence-corrected chi connectivity index (χ1v) is 5.35. The van der Waals surface area contributed by atoms with Crippen molar-refractivity contribution < 1.29 is 0 Å². The molecule has 0 N–H and O–H groups in total. The van der Waals surface area contributed by atoms with Crippen LogP contribution in [0, 0.1) is 0 Å². The number of halogens is 1. The molecule has 0 saturated heterocycles. The van der Waals surface area contributed by atoms with Crippen LogP contribution in [0.2, 0.25) is 0 Å². The summed E-state index contributed by atoms with van der Waals surface area (Å²) < 4.78 is 0.615. The predicted molar refractivity (Wildman–Crippen MR) is 63.3 cm³/mol. The monoisotopic (exact) mass is 275 g/mol. The zero-order valence-electron chi connectivity index (χ0n) is 7.76. The van der Waals surface area contributed by atoms with Gasteiger partial charge >= 0.3 is 0 Å². The molecule has 1 aliphatic carbocycles. The van der Waals surface area contributed by atoms with Crippen molar-refractivity contribution >= 4 is 28.3 Å². The summed E-state index contributed by atoms with van der Waals surface area (Å²) in [5.74, 6) is 0. The number of rotatable bonds is 0. The second-order valence-corrected chi connectivity index (χ2v) is 4.76. The molecule has 0 aliphatic heterocycles. The molecule has 0 amide bonds. The van der Waals surface area contributed by atoms with E-state index < -0.39 is 0 Å². The molecular weight excluding hydrogens is 261 g/mol. The number of allylic oxidation sites excluding steroid dienone is 4. The average molecular weight is 275 g/mol. The largest absolute Gasteiger partial charge is 0.292 e. The third kappa shape index (κ3) is 2.19. The van der Waals surface area contributed by atoms with Gasteiger partial charge in [0, 0.05) is 23.1 Å². The minimum Gasteiger partial charge on any atom is -0.292 e. The van der Waals surface area contributed by atoms with Gasteiger partial charge in [0.15, 0.2) is 0 Å². The van der Waals surface area contributed by atoms with Crippen LogP contribution in [0.15, 0.2) is 28.3 Å². The maximum Gasteiger partial charge on any atom is 0.0429 e. The summed E-state index contributed by atoms with van der Waals surface area (Å²) in [6.45, 7) is 4.27. The van der Waals surface area contributed by atoms with Crippen LogP contribution in [-0.2, 0) is 0 Å². The molecule has 0 aromatic carbocycles. The Labute approximate surface area is 87.8 Å². The highest BCUT2D eigenvalue weighted by Gasteiger charge is 2.14. The molecule has 0 unspecified atom stereocenters. The van der Waals surface area contributed by atoms with E-state index in [1.54, 1.807) is 0 Å². The van der Waals surface area contributed by atoms with Crippen molar-refractivity contribution in [2.75, 3.05) is 7.05 Å². The number of hydrogen-bond acceptors (Lipinski definition) is 1. The molecule has 0 spiro atoms. The van der Waals surface area contributed by atoms with Crippen LogP contribution in [0.1, 0.15) is 20.3 Å². The van der Waals surface area contributed by atoms with Gasteiger partial charge in [-0.15, -0.1) is 0 Å². The van der Waals surface area contributed by atoms with E-state index in [9.17, 15) is 0 Å². The van der Waals surface area contributed by atoms with Crippen LogP contribution in [0.25, 0.3) is 0 Å². The van der Waals surface area contributed by atoms with Crippen molar-refractivity contribution in [1.29, 1.82) is 0 Å². The van der Waals surface area contributed by atoms with Gasteiger partial charge in [-0.1, -0.05) is 40.3 Å². The Balaban J connectivity index is 3.03. The Morgan fingerprint density at radius 3 is 2.75 bits per heavy atom. The standard InChI is InChI=1S/C10H14IN/c1-7(2)9-5-4-8(11)6-10(9)12-3/h4-5,8H,6H2,1-3H3/t8-/m1/s1.